The van der Waals surface area contributed by atoms with Crippen LogP contribution in [0.3, 0.4) is 0 Å². The van der Waals surface area contributed by atoms with Crippen LogP contribution in [0.15, 0.2) is 0 Å². The van der Waals surface area contributed by atoms with E-state index >= 15 is 0 Å². The van der Waals surface area contributed by atoms with Crippen LogP contribution in [0.25, 0.3) is 0 Å². The summed E-state index contributed by atoms with van der Waals surface area (Å²) in [7, 11) is 1.66. The number of Topliss-reactive ketones (excluding diaryl/α,β-unsaturated/α-hetero) is 2. The molecule has 0 amide bonds. The van der Waals surface area contributed by atoms with Gasteiger partial charge in [0.1, 0.15) is 11.6 Å². The minimum Gasteiger partial charge on any atom is -0.382 e. The van der Waals surface area contributed by atoms with Crippen molar-refractivity contribution >= 4 is 11.6 Å². The fourth-order valence-corrected chi connectivity index (χ4v) is 5.24. The quantitative estimate of drug-likeness (QED) is 0.0631. The van der Waals surface area contributed by atoms with Crippen molar-refractivity contribution in [2.45, 2.75) is 174 Å². The van der Waals surface area contributed by atoms with Gasteiger partial charge in [0.25, 0.3) is 0 Å². The molecule has 0 saturated heterocycles. The van der Waals surface area contributed by atoms with Gasteiger partial charge in [0.05, 0.1) is 19.1 Å². The molecule has 0 heterocycles. The van der Waals surface area contributed by atoms with Gasteiger partial charge in [-0.15, -0.1) is 0 Å². The van der Waals surface area contributed by atoms with Crippen LogP contribution in [-0.4, -0.2) is 38.5 Å². The van der Waals surface area contributed by atoms with Crippen LogP contribution in [0.2, 0.25) is 0 Å². The van der Waals surface area contributed by atoms with Gasteiger partial charge in [-0.05, 0) is 19.3 Å². The lowest BCUT2D eigenvalue weighted by Gasteiger charge is -2.15. The molecule has 0 aliphatic rings. The highest BCUT2D eigenvalue weighted by Crippen LogP contribution is 2.20. The Labute approximate surface area is 237 Å². The van der Waals surface area contributed by atoms with E-state index in [0.717, 1.165) is 32.1 Å². The van der Waals surface area contributed by atoms with Crippen LogP contribution in [0, 0.1) is 5.92 Å². The zero-order valence-electron chi connectivity index (χ0n) is 26.0. The largest absolute Gasteiger partial charge is 0.382 e. The molecule has 4 nitrogen and oxygen atoms in total. The van der Waals surface area contributed by atoms with E-state index in [9.17, 15) is 9.59 Å². The summed E-state index contributed by atoms with van der Waals surface area (Å²) < 4.78 is 10.5. The number of methoxy groups -OCH3 is 1. The van der Waals surface area contributed by atoms with Gasteiger partial charge in [-0.25, -0.2) is 0 Å². The molecule has 0 rings (SSSR count). The highest BCUT2D eigenvalue weighted by molar-refractivity contribution is 6.02. The van der Waals surface area contributed by atoms with Crippen molar-refractivity contribution in [3.8, 4) is 0 Å². The summed E-state index contributed by atoms with van der Waals surface area (Å²) in [6.45, 7) is 6.23. The first-order chi connectivity index (χ1) is 18.7. The first-order valence-electron chi connectivity index (χ1n) is 16.8. The molecule has 0 radical (unpaired) electrons. The first kappa shape index (κ1) is 37.3. The molecule has 0 aromatic rings. The van der Waals surface area contributed by atoms with Crippen molar-refractivity contribution in [2.75, 3.05) is 26.9 Å². The standard InChI is InChI=1S/C34H66O4/c1-4-6-8-10-12-14-16-18-20-22-24-27-33(35)32(34(36)28-25-29-38-31-30-37-3)26-23-21-19-17-15-13-11-9-7-5-2/h32H,4-31H2,1-3H3. The molecule has 226 valence electrons. The highest BCUT2D eigenvalue weighted by Gasteiger charge is 2.24. The smallest absolute Gasteiger partial charge is 0.143 e. The van der Waals surface area contributed by atoms with Gasteiger partial charge in [0, 0.05) is 26.6 Å². The molecule has 38 heavy (non-hydrogen) atoms. The molecular formula is C34H66O4. The molecule has 0 fully saturated rings. The van der Waals surface area contributed by atoms with Crippen LogP contribution < -0.4 is 0 Å². The average molecular weight is 539 g/mol. The fourth-order valence-electron chi connectivity index (χ4n) is 5.24. The number of unbranched alkanes of at least 4 members (excludes halogenated alkanes) is 19. The van der Waals surface area contributed by atoms with E-state index in [4.69, 9.17) is 9.47 Å². The summed E-state index contributed by atoms with van der Waals surface area (Å²) in [4.78, 5) is 26.0. The molecule has 0 saturated carbocycles. The number of ketones is 2. The van der Waals surface area contributed by atoms with Crippen LogP contribution >= 0.6 is 0 Å². The number of carbonyl (C=O) groups excluding carboxylic acids is 2. The van der Waals surface area contributed by atoms with Crippen LogP contribution in [0.4, 0.5) is 0 Å². The van der Waals surface area contributed by atoms with Crippen molar-refractivity contribution in [3.63, 3.8) is 0 Å². The lowest BCUT2D eigenvalue weighted by molar-refractivity contribution is -0.133. The Morgan fingerprint density at radius 1 is 0.474 bits per heavy atom. The Morgan fingerprint density at radius 3 is 1.32 bits per heavy atom. The Balaban J connectivity index is 4.18. The summed E-state index contributed by atoms with van der Waals surface area (Å²) in [5, 5.41) is 0. The summed E-state index contributed by atoms with van der Waals surface area (Å²) in [5.41, 5.74) is 0. The number of carbonyl (C=O) groups is 2. The number of rotatable bonds is 32. The van der Waals surface area contributed by atoms with E-state index in [1.165, 1.54) is 109 Å². The SMILES string of the molecule is CCCCCCCCCCCCCC(=O)C(CCCCCCCCCCCC)C(=O)CCCOCCOC. The van der Waals surface area contributed by atoms with Gasteiger partial charge in [-0.2, -0.15) is 0 Å². The van der Waals surface area contributed by atoms with E-state index < -0.39 is 0 Å². The molecule has 0 aromatic heterocycles. The monoisotopic (exact) mass is 538 g/mol. The van der Waals surface area contributed by atoms with Crippen molar-refractivity contribution in [3.05, 3.63) is 0 Å². The minimum absolute atomic E-state index is 0.143. The highest BCUT2D eigenvalue weighted by atomic mass is 16.5. The Kier molecular flexibility index (Phi) is 30.2. The number of hydrogen-bond acceptors (Lipinski definition) is 4. The summed E-state index contributed by atoms with van der Waals surface area (Å²) in [6.07, 6.45) is 29.3. The van der Waals surface area contributed by atoms with Crippen LogP contribution in [-0.2, 0) is 19.1 Å². The number of ether oxygens (including phenoxy) is 2. The van der Waals surface area contributed by atoms with Crippen LogP contribution in [0.5, 0.6) is 0 Å². The molecular weight excluding hydrogens is 472 g/mol. The van der Waals surface area contributed by atoms with Gasteiger partial charge in [-0.3, -0.25) is 9.59 Å². The molecule has 1 unspecified atom stereocenters. The Bertz CT molecular complexity index is 505. The van der Waals surface area contributed by atoms with E-state index in [1.807, 2.05) is 0 Å². The van der Waals surface area contributed by atoms with Gasteiger partial charge in [0.15, 0.2) is 0 Å². The fraction of sp³-hybridized carbons (Fsp3) is 0.941. The zero-order chi connectivity index (χ0) is 27.9. The number of hydrogen-bond donors (Lipinski definition) is 0. The molecule has 0 aromatic carbocycles. The van der Waals surface area contributed by atoms with Crippen LogP contribution in [0.1, 0.15) is 174 Å². The molecule has 4 heteroatoms. The van der Waals surface area contributed by atoms with Crippen molar-refractivity contribution in [1.29, 1.82) is 0 Å². The average Bonchev–Trinajstić information content (AvgIpc) is 2.92. The van der Waals surface area contributed by atoms with E-state index in [2.05, 4.69) is 13.8 Å². The molecule has 0 N–H and O–H groups in total. The first-order valence-corrected chi connectivity index (χ1v) is 16.8. The van der Waals surface area contributed by atoms with Crippen molar-refractivity contribution < 1.29 is 19.1 Å². The summed E-state index contributed by atoms with van der Waals surface area (Å²) >= 11 is 0. The second kappa shape index (κ2) is 30.8. The minimum atomic E-state index is -0.383. The molecule has 1 atom stereocenters. The van der Waals surface area contributed by atoms with E-state index in [1.54, 1.807) is 7.11 Å². The summed E-state index contributed by atoms with van der Waals surface area (Å²) in [6, 6.07) is 0. The Hall–Kier alpha value is -0.740. The third-order valence-electron chi connectivity index (χ3n) is 7.79. The van der Waals surface area contributed by atoms with Gasteiger partial charge < -0.3 is 9.47 Å². The normalized spacial score (nSPS) is 12.2. The maximum absolute atomic E-state index is 13.0. The zero-order valence-corrected chi connectivity index (χ0v) is 26.0. The Morgan fingerprint density at radius 2 is 0.868 bits per heavy atom. The van der Waals surface area contributed by atoms with E-state index in [0.29, 0.717) is 39.1 Å². The van der Waals surface area contributed by atoms with Gasteiger partial charge >= 0.3 is 0 Å². The third kappa shape index (κ3) is 25.5. The van der Waals surface area contributed by atoms with Crippen molar-refractivity contribution in [1.82, 2.24) is 0 Å². The lowest BCUT2D eigenvalue weighted by Crippen LogP contribution is -2.24. The second-order valence-electron chi connectivity index (χ2n) is 11.5. The van der Waals surface area contributed by atoms with Gasteiger partial charge in [-0.1, -0.05) is 142 Å². The predicted octanol–water partition coefficient (Wildman–Crippen LogP) is 10.2. The maximum Gasteiger partial charge on any atom is 0.143 e. The molecule has 0 aliphatic carbocycles. The molecule has 0 bridgehead atoms. The van der Waals surface area contributed by atoms with E-state index in [-0.39, 0.29) is 17.5 Å². The predicted molar refractivity (Wildman–Crippen MR) is 163 cm³/mol. The molecule has 0 aliphatic heterocycles. The van der Waals surface area contributed by atoms with Gasteiger partial charge in [0.2, 0.25) is 0 Å². The topological polar surface area (TPSA) is 52.6 Å². The molecule has 0 spiro atoms. The van der Waals surface area contributed by atoms with Crippen molar-refractivity contribution in [2.24, 2.45) is 5.92 Å². The maximum atomic E-state index is 13.0. The second-order valence-corrected chi connectivity index (χ2v) is 11.5. The third-order valence-corrected chi connectivity index (χ3v) is 7.79. The lowest BCUT2D eigenvalue weighted by atomic mass is 9.87. The summed E-state index contributed by atoms with van der Waals surface area (Å²) in [5.74, 6) is -0.0439.